The van der Waals surface area contributed by atoms with E-state index in [1.165, 1.54) is 11.1 Å². The molecule has 6 nitrogen and oxygen atoms in total. The Morgan fingerprint density at radius 1 is 1.25 bits per heavy atom. The summed E-state index contributed by atoms with van der Waals surface area (Å²) in [7, 11) is -3.43. The molecule has 3 N–H and O–H groups in total. The van der Waals surface area contributed by atoms with Gasteiger partial charge in [0.25, 0.3) is 0 Å². The Balaban J connectivity index is 1.29. The van der Waals surface area contributed by atoms with Crippen LogP contribution in [0.4, 0.5) is 4.79 Å². The number of piperidine rings is 1. The van der Waals surface area contributed by atoms with Crippen LogP contribution in [0.2, 0.25) is 0 Å². The Labute approximate surface area is 142 Å². The van der Waals surface area contributed by atoms with E-state index in [1.807, 2.05) is 0 Å². The summed E-state index contributed by atoms with van der Waals surface area (Å²) >= 11 is 0. The van der Waals surface area contributed by atoms with Gasteiger partial charge >= 0.3 is 6.03 Å². The molecule has 3 unspecified atom stereocenters. The summed E-state index contributed by atoms with van der Waals surface area (Å²) in [6.45, 7) is 1.20. The molecular formula is C17H23N3O3S. The summed E-state index contributed by atoms with van der Waals surface area (Å²) in [5.41, 5.74) is 2.81. The molecule has 4 rings (SSSR count). The molecule has 0 radical (unpaired) electrons. The first-order valence-electron chi connectivity index (χ1n) is 8.56. The first-order valence-corrected chi connectivity index (χ1v) is 10.3. The van der Waals surface area contributed by atoms with E-state index in [2.05, 4.69) is 29.6 Å². The molecule has 130 valence electrons. The van der Waals surface area contributed by atoms with Crippen LogP contribution < -0.4 is 10.5 Å². The second kappa shape index (κ2) is 5.74. The number of nitrogens with two attached hydrogens (primary N) is 1. The van der Waals surface area contributed by atoms with Crippen molar-refractivity contribution < 1.29 is 13.2 Å². The van der Waals surface area contributed by atoms with Gasteiger partial charge in [0.05, 0.1) is 5.75 Å². The van der Waals surface area contributed by atoms with Crippen molar-refractivity contribution in [1.82, 2.24) is 10.2 Å². The first-order chi connectivity index (χ1) is 11.4. The molecule has 24 heavy (non-hydrogen) atoms. The zero-order valence-corrected chi connectivity index (χ0v) is 14.3. The molecule has 2 amide bonds. The topological polar surface area (TPSA) is 92.5 Å². The zero-order chi connectivity index (χ0) is 16.9. The van der Waals surface area contributed by atoms with E-state index in [-0.39, 0.29) is 23.7 Å². The molecule has 2 fully saturated rings. The minimum absolute atomic E-state index is 0.0130. The SMILES string of the molecule is NS(=O)(=O)CC1CCN(C(=O)NC2C3Cc4ccccc4C32)CC1. The van der Waals surface area contributed by atoms with Crippen LogP contribution in [0.15, 0.2) is 24.3 Å². The number of fused-ring (bicyclic) bond motifs is 3. The third-order valence-electron chi connectivity index (χ3n) is 5.70. The highest BCUT2D eigenvalue weighted by Crippen LogP contribution is 2.56. The molecule has 3 aliphatic rings. The predicted molar refractivity (Wildman–Crippen MR) is 91.0 cm³/mol. The van der Waals surface area contributed by atoms with Crippen LogP contribution in [0.5, 0.6) is 0 Å². The molecule has 2 aliphatic carbocycles. The summed E-state index contributed by atoms with van der Waals surface area (Å²) in [4.78, 5) is 14.3. The average Bonchev–Trinajstić information content (AvgIpc) is 3.03. The van der Waals surface area contributed by atoms with Gasteiger partial charge in [-0.1, -0.05) is 24.3 Å². The van der Waals surface area contributed by atoms with Crippen molar-refractivity contribution in [1.29, 1.82) is 0 Å². The summed E-state index contributed by atoms with van der Waals surface area (Å²) < 4.78 is 22.3. The molecule has 7 heteroatoms. The first kappa shape index (κ1) is 15.9. The molecular weight excluding hydrogens is 326 g/mol. The molecule has 1 heterocycles. The summed E-state index contributed by atoms with van der Waals surface area (Å²) in [6, 6.07) is 8.73. The third-order valence-corrected chi connectivity index (χ3v) is 6.63. The molecule has 1 saturated carbocycles. The smallest absolute Gasteiger partial charge is 0.317 e. The van der Waals surface area contributed by atoms with Crippen molar-refractivity contribution in [3.63, 3.8) is 0 Å². The highest BCUT2D eigenvalue weighted by molar-refractivity contribution is 7.89. The number of urea groups is 1. The minimum Gasteiger partial charge on any atom is -0.334 e. The minimum atomic E-state index is -3.43. The van der Waals surface area contributed by atoms with Crippen LogP contribution in [0.3, 0.4) is 0 Å². The van der Waals surface area contributed by atoms with Gasteiger partial charge in [-0.2, -0.15) is 0 Å². The molecule has 1 saturated heterocycles. The molecule has 0 spiro atoms. The molecule has 1 aromatic rings. The van der Waals surface area contributed by atoms with E-state index in [1.54, 1.807) is 4.90 Å². The van der Waals surface area contributed by atoms with E-state index in [9.17, 15) is 13.2 Å². The highest BCUT2D eigenvalue weighted by Gasteiger charge is 2.56. The second-order valence-corrected chi connectivity index (χ2v) is 8.99. The van der Waals surface area contributed by atoms with Crippen LogP contribution in [-0.2, 0) is 16.4 Å². The third kappa shape index (κ3) is 3.02. The molecule has 1 aromatic carbocycles. The fourth-order valence-corrected chi connectivity index (χ4v) is 5.40. The number of sulfonamides is 1. The van der Waals surface area contributed by atoms with Gasteiger partial charge in [0, 0.05) is 25.0 Å². The van der Waals surface area contributed by atoms with Crippen molar-refractivity contribution in [3.05, 3.63) is 35.4 Å². The number of nitrogens with one attached hydrogen (secondary N) is 1. The van der Waals surface area contributed by atoms with Gasteiger partial charge in [0.15, 0.2) is 0 Å². The maximum atomic E-state index is 12.5. The van der Waals surface area contributed by atoms with E-state index >= 15 is 0 Å². The zero-order valence-electron chi connectivity index (χ0n) is 13.5. The number of rotatable bonds is 3. The van der Waals surface area contributed by atoms with Gasteiger partial charge < -0.3 is 10.2 Å². The number of carbonyl (C=O) groups is 1. The number of hydrogen-bond acceptors (Lipinski definition) is 3. The monoisotopic (exact) mass is 349 g/mol. The lowest BCUT2D eigenvalue weighted by molar-refractivity contribution is 0.173. The summed E-state index contributed by atoms with van der Waals surface area (Å²) in [5, 5.41) is 8.28. The van der Waals surface area contributed by atoms with Gasteiger partial charge in [-0.25, -0.2) is 18.4 Å². The fraction of sp³-hybridized carbons (Fsp3) is 0.588. The molecule has 1 aliphatic heterocycles. The molecule has 0 aromatic heterocycles. The number of likely N-dealkylation sites (tertiary alicyclic amines) is 1. The number of hydrogen-bond donors (Lipinski definition) is 2. The number of amides is 2. The summed E-state index contributed by atoms with van der Waals surface area (Å²) in [5.74, 6) is 1.11. The Kier molecular flexibility index (Phi) is 3.80. The number of primary sulfonamides is 1. The van der Waals surface area contributed by atoms with E-state index < -0.39 is 10.0 Å². The standard InChI is InChI=1S/C17H23N3O3S/c18-24(22,23)10-11-5-7-20(8-6-11)17(21)19-16-14-9-12-3-1-2-4-13(12)15(14)16/h1-4,11,14-16H,5-10H2,(H,19,21)(H2,18,22,23). The van der Waals surface area contributed by atoms with Crippen LogP contribution in [0, 0.1) is 11.8 Å². The lowest BCUT2D eigenvalue weighted by atomic mass is 9.99. The maximum absolute atomic E-state index is 12.5. The Hall–Kier alpha value is -1.60. The van der Waals surface area contributed by atoms with Gasteiger partial charge in [-0.15, -0.1) is 0 Å². The van der Waals surface area contributed by atoms with Crippen LogP contribution in [-0.4, -0.2) is 44.2 Å². The number of nitrogens with zero attached hydrogens (tertiary/aromatic N) is 1. The van der Waals surface area contributed by atoms with Crippen LogP contribution in [0.1, 0.15) is 29.9 Å². The van der Waals surface area contributed by atoms with Crippen molar-refractivity contribution in [2.75, 3.05) is 18.8 Å². The second-order valence-electron chi connectivity index (χ2n) is 7.33. The van der Waals surface area contributed by atoms with E-state index in [0.717, 1.165) is 6.42 Å². The van der Waals surface area contributed by atoms with Crippen molar-refractivity contribution in [2.45, 2.75) is 31.2 Å². The number of benzene rings is 1. The van der Waals surface area contributed by atoms with E-state index in [0.29, 0.717) is 37.8 Å². The van der Waals surface area contributed by atoms with Crippen molar-refractivity contribution in [2.24, 2.45) is 17.0 Å². The normalized spacial score (nSPS) is 29.0. The number of carbonyl (C=O) groups excluding carboxylic acids is 1. The van der Waals surface area contributed by atoms with Gasteiger partial charge in [-0.3, -0.25) is 0 Å². The summed E-state index contributed by atoms with van der Waals surface area (Å²) in [6.07, 6.45) is 2.45. The fourth-order valence-electron chi connectivity index (χ4n) is 4.41. The molecule has 0 bridgehead atoms. The largest absolute Gasteiger partial charge is 0.334 e. The lowest BCUT2D eigenvalue weighted by Crippen LogP contribution is -2.46. The van der Waals surface area contributed by atoms with Gasteiger partial charge in [-0.05, 0) is 42.2 Å². The Bertz CT molecular complexity index is 756. The van der Waals surface area contributed by atoms with E-state index in [4.69, 9.17) is 5.14 Å². The lowest BCUT2D eigenvalue weighted by Gasteiger charge is -2.31. The maximum Gasteiger partial charge on any atom is 0.317 e. The average molecular weight is 349 g/mol. The van der Waals surface area contributed by atoms with Crippen LogP contribution in [0.25, 0.3) is 0 Å². The Morgan fingerprint density at radius 3 is 2.67 bits per heavy atom. The van der Waals surface area contributed by atoms with Crippen LogP contribution >= 0.6 is 0 Å². The quantitative estimate of drug-likeness (QED) is 0.854. The van der Waals surface area contributed by atoms with Gasteiger partial charge in [0.1, 0.15) is 0 Å². The van der Waals surface area contributed by atoms with Gasteiger partial charge in [0.2, 0.25) is 10.0 Å². The highest BCUT2D eigenvalue weighted by atomic mass is 32.2. The molecule has 3 atom stereocenters. The Morgan fingerprint density at radius 2 is 1.96 bits per heavy atom. The van der Waals surface area contributed by atoms with Crippen molar-refractivity contribution in [3.8, 4) is 0 Å². The predicted octanol–water partition coefficient (Wildman–Crippen LogP) is 1.03. The van der Waals surface area contributed by atoms with Crippen molar-refractivity contribution >= 4 is 16.1 Å².